The normalized spacial score (nSPS) is 19.2. The zero-order valence-electron chi connectivity index (χ0n) is 12.5. The predicted octanol–water partition coefficient (Wildman–Crippen LogP) is 3.70. The van der Waals surface area contributed by atoms with E-state index in [0.717, 1.165) is 37.1 Å². The molecule has 1 atom stereocenters. The molecule has 1 saturated heterocycles. The maximum atomic E-state index is 13.0. The number of carbonyl (C=O) groups excluding carboxylic acids is 1. The molecule has 1 amide bonds. The van der Waals surface area contributed by atoms with Crippen LogP contribution < -0.4 is 0 Å². The molecule has 3 rings (SSSR count). The molecule has 0 bridgehead atoms. The topological polar surface area (TPSA) is 37.6 Å². The molecule has 0 spiro atoms. The van der Waals surface area contributed by atoms with E-state index >= 15 is 0 Å². The van der Waals surface area contributed by atoms with Crippen LogP contribution in [0.5, 0.6) is 0 Å². The van der Waals surface area contributed by atoms with Gasteiger partial charge in [0.05, 0.1) is 5.69 Å². The van der Waals surface area contributed by atoms with Crippen LogP contribution in [0.15, 0.2) is 18.3 Å². The molecule has 2 aromatic heterocycles. The first-order chi connectivity index (χ1) is 10.1. The van der Waals surface area contributed by atoms with Crippen molar-refractivity contribution in [1.82, 2.24) is 14.3 Å². The molecule has 1 fully saturated rings. The summed E-state index contributed by atoms with van der Waals surface area (Å²) >= 11 is 6.01. The number of rotatable bonds is 2. The number of aromatic nitrogens is 2. The quantitative estimate of drug-likeness (QED) is 0.848. The largest absolute Gasteiger partial charge is 0.334 e. The molecule has 21 heavy (non-hydrogen) atoms. The van der Waals surface area contributed by atoms with Gasteiger partial charge >= 0.3 is 0 Å². The Morgan fingerprint density at radius 2 is 2.29 bits per heavy atom. The van der Waals surface area contributed by atoms with Crippen molar-refractivity contribution in [2.75, 3.05) is 6.54 Å². The Hall–Kier alpha value is -1.55. The lowest BCUT2D eigenvalue weighted by molar-refractivity contribution is 0.0600. The number of pyridine rings is 1. The summed E-state index contributed by atoms with van der Waals surface area (Å²) in [6.45, 7) is 4.88. The van der Waals surface area contributed by atoms with Crippen molar-refractivity contribution in [3.8, 4) is 0 Å². The maximum absolute atomic E-state index is 13.0. The van der Waals surface area contributed by atoms with E-state index in [2.05, 4.69) is 11.9 Å². The third-order valence-electron chi connectivity index (χ3n) is 4.32. The van der Waals surface area contributed by atoms with Crippen molar-refractivity contribution in [3.63, 3.8) is 0 Å². The van der Waals surface area contributed by atoms with E-state index < -0.39 is 0 Å². The molecule has 2 aromatic rings. The number of aryl methyl sites for hydroxylation is 1. The van der Waals surface area contributed by atoms with Crippen LogP contribution in [0.3, 0.4) is 0 Å². The Kier molecular flexibility index (Phi) is 3.89. The molecule has 4 nitrogen and oxygen atoms in total. The molecule has 1 aliphatic rings. The van der Waals surface area contributed by atoms with Gasteiger partial charge in [0.25, 0.3) is 5.91 Å². The number of carbonyl (C=O) groups is 1. The van der Waals surface area contributed by atoms with Crippen LogP contribution in [0, 0.1) is 6.92 Å². The maximum Gasteiger partial charge on any atom is 0.273 e. The Labute approximate surface area is 129 Å². The number of fused-ring (bicyclic) bond motifs is 1. The number of piperidine rings is 1. The van der Waals surface area contributed by atoms with E-state index in [9.17, 15) is 4.79 Å². The average Bonchev–Trinajstić information content (AvgIpc) is 2.81. The monoisotopic (exact) mass is 305 g/mol. The van der Waals surface area contributed by atoms with E-state index in [-0.39, 0.29) is 5.91 Å². The molecule has 112 valence electrons. The number of nitrogens with zero attached hydrogens (tertiary/aromatic N) is 3. The number of hydrogen-bond donors (Lipinski definition) is 0. The second kappa shape index (κ2) is 5.68. The molecule has 1 aliphatic heterocycles. The fourth-order valence-electron chi connectivity index (χ4n) is 3.22. The molecule has 0 aromatic carbocycles. The third-order valence-corrected chi connectivity index (χ3v) is 4.56. The van der Waals surface area contributed by atoms with Crippen LogP contribution in [-0.4, -0.2) is 32.8 Å². The first-order valence-electron chi connectivity index (χ1n) is 7.57. The van der Waals surface area contributed by atoms with Gasteiger partial charge in [0.1, 0.15) is 11.3 Å². The molecule has 0 radical (unpaired) electrons. The van der Waals surface area contributed by atoms with Crippen molar-refractivity contribution in [3.05, 3.63) is 34.7 Å². The molecule has 0 aliphatic carbocycles. The number of likely N-dealkylation sites (tertiary alicyclic amines) is 1. The first-order valence-corrected chi connectivity index (χ1v) is 7.94. The number of imidazole rings is 1. The standard InChI is InChI=1S/C16H20ClN3O/c1-3-13-6-4-5-8-19(13)16(21)15-11(2)18-14-10-12(17)7-9-20(14)15/h7,9-10,13H,3-6,8H2,1-2H3. The van der Waals surface area contributed by atoms with Gasteiger partial charge in [-0.05, 0) is 38.7 Å². The lowest BCUT2D eigenvalue weighted by Crippen LogP contribution is -2.44. The van der Waals surface area contributed by atoms with Crippen molar-refractivity contribution in [1.29, 1.82) is 0 Å². The Morgan fingerprint density at radius 1 is 1.48 bits per heavy atom. The number of halogens is 1. The highest BCUT2D eigenvalue weighted by atomic mass is 35.5. The fraction of sp³-hybridized carbons (Fsp3) is 0.500. The molecular formula is C16H20ClN3O. The SMILES string of the molecule is CCC1CCCCN1C(=O)c1c(C)nc2cc(Cl)ccn12. The van der Waals surface area contributed by atoms with Gasteiger partial charge < -0.3 is 4.90 Å². The summed E-state index contributed by atoms with van der Waals surface area (Å²) in [6, 6.07) is 3.93. The van der Waals surface area contributed by atoms with Gasteiger partial charge in [0, 0.05) is 29.9 Å². The van der Waals surface area contributed by atoms with Gasteiger partial charge in [-0.3, -0.25) is 9.20 Å². The fourth-order valence-corrected chi connectivity index (χ4v) is 3.38. The summed E-state index contributed by atoms with van der Waals surface area (Å²) < 4.78 is 1.85. The van der Waals surface area contributed by atoms with Crippen LogP contribution in [0.25, 0.3) is 5.65 Å². The van der Waals surface area contributed by atoms with Gasteiger partial charge in [-0.25, -0.2) is 4.98 Å². The lowest BCUT2D eigenvalue weighted by atomic mass is 9.99. The van der Waals surface area contributed by atoms with E-state index in [1.54, 1.807) is 12.1 Å². The van der Waals surface area contributed by atoms with Crippen molar-refractivity contribution in [2.45, 2.75) is 45.6 Å². The smallest absolute Gasteiger partial charge is 0.273 e. The van der Waals surface area contributed by atoms with Gasteiger partial charge in [-0.2, -0.15) is 0 Å². The minimum Gasteiger partial charge on any atom is -0.334 e. The van der Waals surface area contributed by atoms with Crippen LogP contribution >= 0.6 is 11.6 Å². The lowest BCUT2D eigenvalue weighted by Gasteiger charge is -2.35. The van der Waals surface area contributed by atoms with Gasteiger partial charge in [0.2, 0.25) is 0 Å². The first kappa shape index (κ1) is 14.4. The predicted molar refractivity (Wildman–Crippen MR) is 83.9 cm³/mol. The van der Waals surface area contributed by atoms with Gasteiger partial charge in [-0.1, -0.05) is 18.5 Å². The van der Waals surface area contributed by atoms with Crippen molar-refractivity contribution < 1.29 is 4.79 Å². The summed E-state index contributed by atoms with van der Waals surface area (Å²) in [7, 11) is 0. The van der Waals surface area contributed by atoms with Crippen molar-refractivity contribution >= 4 is 23.2 Å². The summed E-state index contributed by atoms with van der Waals surface area (Å²) in [5.74, 6) is 0.0915. The average molecular weight is 306 g/mol. The van der Waals surface area contributed by atoms with E-state index in [4.69, 9.17) is 11.6 Å². The minimum absolute atomic E-state index is 0.0915. The minimum atomic E-state index is 0.0915. The zero-order chi connectivity index (χ0) is 15.0. The second-order valence-corrected chi connectivity index (χ2v) is 6.11. The molecule has 0 N–H and O–H groups in total. The van der Waals surface area contributed by atoms with Gasteiger partial charge in [-0.15, -0.1) is 0 Å². The summed E-state index contributed by atoms with van der Waals surface area (Å²) in [5, 5.41) is 0.635. The Morgan fingerprint density at radius 3 is 3.05 bits per heavy atom. The highest BCUT2D eigenvalue weighted by Gasteiger charge is 2.29. The molecule has 1 unspecified atom stereocenters. The summed E-state index contributed by atoms with van der Waals surface area (Å²) in [5.41, 5.74) is 2.16. The van der Waals surface area contributed by atoms with Crippen LogP contribution in [0.2, 0.25) is 5.02 Å². The van der Waals surface area contributed by atoms with Crippen LogP contribution in [-0.2, 0) is 0 Å². The second-order valence-electron chi connectivity index (χ2n) is 5.68. The molecule has 3 heterocycles. The highest BCUT2D eigenvalue weighted by Crippen LogP contribution is 2.24. The molecule has 0 saturated carbocycles. The van der Waals surface area contributed by atoms with Crippen LogP contribution in [0.1, 0.15) is 48.8 Å². The van der Waals surface area contributed by atoms with E-state index in [1.807, 2.05) is 22.4 Å². The Bertz CT molecular complexity index is 679. The number of hydrogen-bond acceptors (Lipinski definition) is 2. The summed E-state index contributed by atoms with van der Waals surface area (Å²) in [6.07, 6.45) is 6.24. The third kappa shape index (κ3) is 2.53. The van der Waals surface area contributed by atoms with Crippen molar-refractivity contribution in [2.24, 2.45) is 0 Å². The van der Waals surface area contributed by atoms with Crippen LogP contribution in [0.4, 0.5) is 0 Å². The summed E-state index contributed by atoms with van der Waals surface area (Å²) in [4.78, 5) is 19.5. The molecular weight excluding hydrogens is 286 g/mol. The zero-order valence-corrected chi connectivity index (χ0v) is 13.2. The van der Waals surface area contributed by atoms with E-state index in [0.29, 0.717) is 16.8 Å². The molecule has 5 heteroatoms. The van der Waals surface area contributed by atoms with E-state index in [1.165, 1.54) is 6.42 Å². The van der Waals surface area contributed by atoms with Gasteiger partial charge in [0.15, 0.2) is 0 Å². The Balaban J connectivity index is 2.03. The highest BCUT2D eigenvalue weighted by molar-refractivity contribution is 6.30. The number of amides is 1.